The smallest absolute Gasteiger partial charge is 0.231 e. The van der Waals surface area contributed by atoms with Crippen molar-refractivity contribution < 1.29 is 9.59 Å². The lowest BCUT2D eigenvalue weighted by atomic mass is 10.1. The second kappa shape index (κ2) is 7.74. The Morgan fingerprint density at radius 1 is 1.32 bits per heavy atom. The molecule has 3 rings (SSSR count). The van der Waals surface area contributed by atoms with Crippen LogP contribution in [0.4, 0.5) is 5.13 Å². The van der Waals surface area contributed by atoms with Crippen LogP contribution < -0.4 is 5.32 Å². The van der Waals surface area contributed by atoms with Crippen LogP contribution in [0.2, 0.25) is 0 Å². The van der Waals surface area contributed by atoms with Crippen molar-refractivity contribution in [3.63, 3.8) is 0 Å². The standard InChI is InChI=1S/C18H22N4O2S/c1-3-4-15-20-21-18(25-15)19-17(24)14-9-16(23)22(11-14)10-13-7-5-12(2)6-8-13/h5-8,14H,3-4,9-11H2,1-2H3,(H,19,21,24). The summed E-state index contributed by atoms with van der Waals surface area (Å²) in [5, 5.41) is 12.3. The molecule has 1 aliphatic rings. The van der Waals surface area contributed by atoms with E-state index < -0.39 is 0 Å². The lowest BCUT2D eigenvalue weighted by Crippen LogP contribution is -2.28. The topological polar surface area (TPSA) is 75.2 Å². The predicted octanol–water partition coefficient (Wildman–Crippen LogP) is 2.79. The first kappa shape index (κ1) is 17.5. The maximum atomic E-state index is 12.4. The number of likely N-dealkylation sites (tertiary alicyclic amines) is 1. The molecular formula is C18H22N4O2S. The molecule has 1 aromatic carbocycles. The van der Waals surface area contributed by atoms with Gasteiger partial charge in [-0.3, -0.25) is 9.59 Å². The van der Waals surface area contributed by atoms with Gasteiger partial charge in [0.2, 0.25) is 16.9 Å². The lowest BCUT2D eigenvalue weighted by Gasteiger charge is -2.16. The summed E-state index contributed by atoms with van der Waals surface area (Å²) in [7, 11) is 0. The minimum atomic E-state index is -0.337. The molecule has 2 amide bonds. The molecule has 7 heteroatoms. The molecule has 1 aliphatic heterocycles. The first-order valence-corrected chi connectivity index (χ1v) is 9.33. The normalized spacial score (nSPS) is 17.1. The molecule has 1 fully saturated rings. The summed E-state index contributed by atoms with van der Waals surface area (Å²) in [6.07, 6.45) is 2.10. The summed E-state index contributed by atoms with van der Waals surface area (Å²) < 4.78 is 0. The van der Waals surface area contributed by atoms with Crippen molar-refractivity contribution >= 4 is 28.3 Å². The molecule has 1 atom stereocenters. The van der Waals surface area contributed by atoms with Crippen molar-refractivity contribution in [3.8, 4) is 0 Å². The number of rotatable bonds is 6. The van der Waals surface area contributed by atoms with E-state index in [1.807, 2.05) is 31.2 Å². The van der Waals surface area contributed by atoms with E-state index in [9.17, 15) is 9.59 Å². The first-order valence-electron chi connectivity index (χ1n) is 8.51. The number of benzene rings is 1. The minimum Gasteiger partial charge on any atom is -0.338 e. The third kappa shape index (κ3) is 4.42. The average Bonchev–Trinajstić information content (AvgIpc) is 3.17. The average molecular weight is 358 g/mol. The van der Waals surface area contributed by atoms with E-state index in [0.29, 0.717) is 18.2 Å². The molecule has 0 saturated carbocycles. The number of hydrogen-bond acceptors (Lipinski definition) is 5. The zero-order chi connectivity index (χ0) is 17.8. The van der Waals surface area contributed by atoms with Crippen LogP contribution in [0, 0.1) is 12.8 Å². The number of anilines is 1. The van der Waals surface area contributed by atoms with Crippen LogP contribution >= 0.6 is 11.3 Å². The van der Waals surface area contributed by atoms with Gasteiger partial charge in [-0.25, -0.2) is 0 Å². The molecular weight excluding hydrogens is 336 g/mol. The van der Waals surface area contributed by atoms with Crippen molar-refractivity contribution in [2.75, 3.05) is 11.9 Å². The summed E-state index contributed by atoms with van der Waals surface area (Å²) in [5.41, 5.74) is 2.27. The SMILES string of the molecule is CCCc1nnc(NC(=O)C2CC(=O)N(Cc3ccc(C)cc3)C2)s1. The largest absolute Gasteiger partial charge is 0.338 e. The van der Waals surface area contributed by atoms with Gasteiger partial charge in [-0.15, -0.1) is 10.2 Å². The maximum absolute atomic E-state index is 12.4. The number of aryl methyl sites for hydroxylation is 2. The lowest BCUT2D eigenvalue weighted by molar-refractivity contribution is -0.128. The van der Waals surface area contributed by atoms with Gasteiger partial charge in [-0.1, -0.05) is 48.1 Å². The van der Waals surface area contributed by atoms with Crippen LogP contribution in [0.3, 0.4) is 0 Å². The highest BCUT2D eigenvalue weighted by molar-refractivity contribution is 7.15. The van der Waals surface area contributed by atoms with Crippen molar-refractivity contribution in [1.29, 1.82) is 0 Å². The van der Waals surface area contributed by atoms with Crippen molar-refractivity contribution in [2.45, 2.75) is 39.7 Å². The Morgan fingerprint density at radius 3 is 2.80 bits per heavy atom. The van der Waals surface area contributed by atoms with E-state index in [4.69, 9.17) is 0 Å². The van der Waals surface area contributed by atoms with E-state index in [1.54, 1.807) is 4.90 Å². The molecule has 0 spiro atoms. The third-order valence-corrected chi connectivity index (χ3v) is 5.14. The predicted molar refractivity (Wildman–Crippen MR) is 97.2 cm³/mol. The number of carbonyl (C=O) groups is 2. The van der Waals surface area contributed by atoms with E-state index in [1.165, 1.54) is 16.9 Å². The summed E-state index contributed by atoms with van der Waals surface area (Å²) in [4.78, 5) is 26.4. The number of carbonyl (C=O) groups excluding carboxylic acids is 2. The van der Waals surface area contributed by atoms with Crippen molar-refractivity contribution in [2.24, 2.45) is 5.92 Å². The van der Waals surface area contributed by atoms with Gasteiger partial charge in [0.1, 0.15) is 5.01 Å². The van der Waals surface area contributed by atoms with E-state index in [0.717, 1.165) is 23.4 Å². The summed E-state index contributed by atoms with van der Waals surface area (Å²) >= 11 is 1.40. The Morgan fingerprint density at radius 2 is 2.08 bits per heavy atom. The number of aromatic nitrogens is 2. The quantitative estimate of drug-likeness (QED) is 0.861. The molecule has 1 saturated heterocycles. The zero-order valence-electron chi connectivity index (χ0n) is 14.5. The molecule has 1 aromatic heterocycles. The Hall–Kier alpha value is -2.28. The van der Waals surface area contributed by atoms with E-state index >= 15 is 0 Å². The van der Waals surface area contributed by atoms with Crippen LogP contribution in [-0.4, -0.2) is 33.5 Å². The van der Waals surface area contributed by atoms with Crippen molar-refractivity contribution in [1.82, 2.24) is 15.1 Å². The van der Waals surface area contributed by atoms with Gasteiger partial charge in [0.05, 0.1) is 5.92 Å². The van der Waals surface area contributed by atoms with Crippen molar-refractivity contribution in [3.05, 3.63) is 40.4 Å². The number of amides is 2. The van der Waals surface area contributed by atoms with Crippen LogP contribution in [-0.2, 0) is 22.6 Å². The molecule has 2 heterocycles. The molecule has 0 radical (unpaired) electrons. The molecule has 1 N–H and O–H groups in total. The highest BCUT2D eigenvalue weighted by Crippen LogP contribution is 2.23. The van der Waals surface area contributed by atoms with Gasteiger partial charge in [-0.2, -0.15) is 0 Å². The minimum absolute atomic E-state index is 0.0182. The Bertz CT molecular complexity index is 757. The van der Waals surface area contributed by atoms with Gasteiger partial charge in [0.25, 0.3) is 0 Å². The molecule has 132 valence electrons. The van der Waals surface area contributed by atoms with Crippen LogP contribution in [0.1, 0.15) is 35.9 Å². The van der Waals surface area contributed by atoms with E-state index in [2.05, 4.69) is 22.4 Å². The maximum Gasteiger partial charge on any atom is 0.231 e. The second-order valence-electron chi connectivity index (χ2n) is 6.40. The van der Waals surface area contributed by atoms with Gasteiger partial charge in [-0.05, 0) is 18.9 Å². The molecule has 6 nitrogen and oxygen atoms in total. The van der Waals surface area contributed by atoms with Gasteiger partial charge >= 0.3 is 0 Å². The number of nitrogens with zero attached hydrogens (tertiary/aromatic N) is 3. The fourth-order valence-electron chi connectivity index (χ4n) is 2.84. The molecule has 1 unspecified atom stereocenters. The molecule has 2 aromatic rings. The highest BCUT2D eigenvalue weighted by Gasteiger charge is 2.34. The van der Waals surface area contributed by atoms with Crippen LogP contribution in [0.25, 0.3) is 0 Å². The van der Waals surface area contributed by atoms with Crippen LogP contribution in [0.5, 0.6) is 0 Å². The second-order valence-corrected chi connectivity index (χ2v) is 7.46. The van der Waals surface area contributed by atoms with Gasteiger partial charge < -0.3 is 10.2 Å². The summed E-state index contributed by atoms with van der Waals surface area (Å²) in [6, 6.07) is 8.10. The highest BCUT2D eigenvalue weighted by atomic mass is 32.1. The monoisotopic (exact) mass is 358 g/mol. The molecule has 0 bridgehead atoms. The third-order valence-electron chi connectivity index (χ3n) is 4.24. The van der Waals surface area contributed by atoms with E-state index in [-0.39, 0.29) is 24.2 Å². The zero-order valence-corrected chi connectivity index (χ0v) is 15.3. The fourth-order valence-corrected chi connectivity index (χ4v) is 3.69. The van der Waals surface area contributed by atoms with Crippen LogP contribution in [0.15, 0.2) is 24.3 Å². The fraction of sp³-hybridized carbons (Fsp3) is 0.444. The Kier molecular flexibility index (Phi) is 5.43. The summed E-state index contributed by atoms with van der Waals surface area (Å²) in [5.74, 6) is -0.472. The first-order chi connectivity index (χ1) is 12.0. The Labute approximate surface area is 151 Å². The molecule has 25 heavy (non-hydrogen) atoms. The number of nitrogens with one attached hydrogen (secondary N) is 1. The molecule has 0 aliphatic carbocycles. The Balaban J connectivity index is 1.57. The number of hydrogen-bond donors (Lipinski definition) is 1. The van der Waals surface area contributed by atoms with Gasteiger partial charge in [0, 0.05) is 25.9 Å². The summed E-state index contributed by atoms with van der Waals surface area (Å²) in [6.45, 7) is 5.10. The van der Waals surface area contributed by atoms with Gasteiger partial charge in [0.15, 0.2) is 0 Å².